The molecule has 0 N–H and O–H groups in total. The number of aromatic nitrogens is 3. The van der Waals surface area contributed by atoms with E-state index in [0.29, 0.717) is 11.5 Å². The van der Waals surface area contributed by atoms with E-state index in [9.17, 15) is 0 Å². The van der Waals surface area contributed by atoms with Crippen molar-refractivity contribution >= 4 is 17.2 Å². The molecular formula is C18H16N4O. The number of fused-ring (bicyclic) bond motifs is 2. The third kappa shape index (κ3) is 2.12. The third-order valence-corrected chi connectivity index (χ3v) is 3.95. The zero-order valence-electron chi connectivity index (χ0n) is 13.2. The quantitative estimate of drug-likeness (QED) is 0.522. The second kappa shape index (κ2) is 5.05. The molecule has 3 heterocycles. The van der Waals surface area contributed by atoms with Gasteiger partial charge in [0, 0.05) is 6.20 Å². The second-order valence-electron chi connectivity index (χ2n) is 5.74. The third-order valence-electron chi connectivity index (χ3n) is 3.95. The van der Waals surface area contributed by atoms with E-state index in [1.807, 2.05) is 6.07 Å². The van der Waals surface area contributed by atoms with Crippen LogP contribution in [0.1, 0.15) is 16.7 Å². The van der Waals surface area contributed by atoms with Crippen LogP contribution in [0.15, 0.2) is 43.1 Å². The predicted octanol–water partition coefficient (Wildman–Crippen LogP) is 4.37. The summed E-state index contributed by atoms with van der Waals surface area (Å²) in [7, 11) is 0. The Labute approximate surface area is 134 Å². The first kappa shape index (κ1) is 13.7. The molecule has 0 bridgehead atoms. The maximum absolute atomic E-state index is 5.90. The van der Waals surface area contributed by atoms with E-state index in [2.05, 4.69) is 52.8 Å². The number of benzene rings is 1. The molecule has 5 nitrogen and oxygen atoms in total. The lowest BCUT2D eigenvalue weighted by molar-refractivity contribution is 0.469. The Morgan fingerprint density at radius 2 is 1.70 bits per heavy atom. The SMILES string of the molecule is Cc1cc(C)c(N2c3ccncc3Oc3cncnc32)c(C)c1. The lowest BCUT2D eigenvalue weighted by Gasteiger charge is -2.33. The first-order chi connectivity index (χ1) is 11.1. The molecule has 0 radical (unpaired) electrons. The highest BCUT2D eigenvalue weighted by Crippen LogP contribution is 2.49. The molecule has 1 aliphatic heterocycles. The zero-order chi connectivity index (χ0) is 16.0. The maximum Gasteiger partial charge on any atom is 0.189 e. The number of nitrogens with zero attached hydrogens (tertiary/aromatic N) is 4. The Bertz CT molecular complexity index is 839. The van der Waals surface area contributed by atoms with Crippen molar-refractivity contribution in [2.24, 2.45) is 0 Å². The highest BCUT2D eigenvalue weighted by atomic mass is 16.5. The van der Waals surface area contributed by atoms with E-state index in [1.54, 1.807) is 24.9 Å². The van der Waals surface area contributed by atoms with Crippen LogP contribution in [-0.4, -0.2) is 15.0 Å². The van der Waals surface area contributed by atoms with E-state index in [0.717, 1.165) is 17.2 Å². The molecule has 0 atom stereocenters. The molecular weight excluding hydrogens is 288 g/mol. The summed E-state index contributed by atoms with van der Waals surface area (Å²) in [5, 5.41) is 0. The van der Waals surface area contributed by atoms with Gasteiger partial charge in [-0.3, -0.25) is 9.88 Å². The summed E-state index contributed by atoms with van der Waals surface area (Å²) in [5.41, 5.74) is 5.68. The van der Waals surface area contributed by atoms with Gasteiger partial charge in [-0.1, -0.05) is 17.7 Å². The van der Waals surface area contributed by atoms with Crippen LogP contribution < -0.4 is 9.64 Å². The van der Waals surface area contributed by atoms with Gasteiger partial charge in [0.2, 0.25) is 0 Å². The Hall–Kier alpha value is -2.95. The number of hydrogen-bond donors (Lipinski definition) is 0. The molecule has 114 valence electrons. The molecule has 2 aromatic heterocycles. The number of anilines is 3. The Morgan fingerprint density at radius 3 is 2.48 bits per heavy atom. The van der Waals surface area contributed by atoms with Crippen LogP contribution in [-0.2, 0) is 0 Å². The molecule has 0 saturated heterocycles. The van der Waals surface area contributed by atoms with Crippen LogP contribution in [0.5, 0.6) is 11.5 Å². The minimum absolute atomic E-state index is 0.632. The van der Waals surface area contributed by atoms with Gasteiger partial charge < -0.3 is 4.74 Å². The number of hydrogen-bond acceptors (Lipinski definition) is 5. The summed E-state index contributed by atoms with van der Waals surface area (Å²) in [4.78, 5) is 14.8. The van der Waals surface area contributed by atoms with Crippen molar-refractivity contribution in [1.82, 2.24) is 15.0 Å². The van der Waals surface area contributed by atoms with Crippen molar-refractivity contribution in [2.45, 2.75) is 20.8 Å². The molecule has 1 aliphatic rings. The van der Waals surface area contributed by atoms with Gasteiger partial charge in [0.15, 0.2) is 17.3 Å². The van der Waals surface area contributed by atoms with Crippen LogP contribution in [0.3, 0.4) is 0 Å². The van der Waals surface area contributed by atoms with Gasteiger partial charge in [0.25, 0.3) is 0 Å². The molecule has 0 amide bonds. The predicted molar refractivity (Wildman–Crippen MR) is 88.8 cm³/mol. The van der Waals surface area contributed by atoms with Gasteiger partial charge in [-0.15, -0.1) is 0 Å². The van der Waals surface area contributed by atoms with Crippen molar-refractivity contribution in [3.63, 3.8) is 0 Å². The monoisotopic (exact) mass is 304 g/mol. The van der Waals surface area contributed by atoms with E-state index >= 15 is 0 Å². The molecule has 0 spiro atoms. The average molecular weight is 304 g/mol. The summed E-state index contributed by atoms with van der Waals surface area (Å²) in [6.07, 6.45) is 6.71. The van der Waals surface area contributed by atoms with Crippen LogP contribution in [0.25, 0.3) is 0 Å². The number of rotatable bonds is 1. The van der Waals surface area contributed by atoms with Gasteiger partial charge >= 0.3 is 0 Å². The van der Waals surface area contributed by atoms with E-state index in [1.165, 1.54) is 16.7 Å². The fourth-order valence-corrected chi connectivity index (χ4v) is 3.17. The standard InChI is InChI=1S/C18H16N4O/c1-11-6-12(2)17(13(3)7-11)22-14-4-5-19-8-15(14)23-16-9-20-10-21-18(16)22/h4-10H,1-3H3. The van der Waals surface area contributed by atoms with Gasteiger partial charge in [-0.2, -0.15) is 0 Å². The molecule has 0 unspecified atom stereocenters. The summed E-state index contributed by atoms with van der Waals surface area (Å²) >= 11 is 0. The highest BCUT2D eigenvalue weighted by Gasteiger charge is 2.29. The largest absolute Gasteiger partial charge is 0.448 e. The molecule has 0 fully saturated rings. The Morgan fingerprint density at radius 1 is 0.957 bits per heavy atom. The zero-order valence-corrected chi connectivity index (χ0v) is 13.2. The Kier molecular flexibility index (Phi) is 3.01. The van der Waals surface area contributed by atoms with Gasteiger partial charge in [0.05, 0.1) is 23.8 Å². The minimum atomic E-state index is 0.632. The lowest BCUT2D eigenvalue weighted by Crippen LogP contribution is -2.19. The molecule has 0 aliphatic carbocycles. The lowest BCUT2D eigenvalue weighted by atomic mass is 10.0. The summed E-state index contributed by atoms with van der Waals surface area (Å²) < 4.78 is 5.90. The first-order valence-corrected chi connectivity index (χ1v) is 7.45. The second-order valence-corrected chi connectivity index (χ2v) is 5.74. The van der Waals surface area contributed by atoms with Crippen molar-refractivity contribution < 1.29 is 4.74 Å². The van der Waals surface area contributed by atoms with Crippen molar-refractivity contribution in [3.05, 3.63) is 59.8 Å². The van der Waals surface area contributed by atoms with E-state index < -0.39 is 0 Å². The molecule has 1 aromatic carbocycles. The van der Waals surface area contributed by atoms with Gasteiger partial charge in [0.1, 0.15) is 6.33 Å². The normalized spacial score (nSPS) is 12.4. The molecule has 0 saturated carbocycles. The first-order valence-electron chi connectivity index (χ1n) is 7.45. The molecule has 5 heteroatoms. The molecule has 3 aromatic rings. The summed E-state index contributed by atoms with van der Waals surface area (Å²) in [6, 6.07) is 6.30. The maximum atomic E-state index is 5.90. The van der Waals surface area contributed by atoms with Gasteiger partial charge in [-0.05, 0) is 38.0 Å². The van der Waals surface area contributed by atoms with Crippen LogP contribution in [0.2, 0.25) is 0 Å². The van der Waals surface area contributed by atoms with Crippen molar-refractivity contribution in [1.29, 1.82) is 0 Å². The summed E-state index contributed by atoms with van der Waals surface area (Å²) in [6.45, 7) is 6.34. The summed E-state index contributed by atoms with van der Waals surface area (Å²) in [5.74, 6) is 2.08. The highest BCUT2D eigenvalue weighted by molar-refractivity contribution is 5.86. The van der Waals surface area contributed by atoms with Crippen LogP contribution in [0, 0.1) is 20.8 Å². The number of aryl methyl sites for hydroxylation is 3. The number of pyridine rings is 1. The topological polar surface area (TPSA) is 51.1 Å². The number of ether oxygens (including phenoxy) is 1. The van der Waals surface area contributed by atoms with Gasteiger partial charge in [-0.25, -0.2) is 9.97 Å². The van der Waals surface area contributed by atoms with Crippen molar-refractivity contribution in [2.75, 3.05) is 4.90 Å². The average Bonchev–Trinajstić information content (AvgIpc) is 2.53. The fourth-order valence-electron chi connectivity index (χ4n) is 3.17. The Balaban J connectivity index is 2.02. The van der Waals surface area contributed by atoms with Crippen molar-refractivity contribution in [3.8, 4) is 11.5 Å². The fraction of sp³-hybridized carbons (Fsp3) is 0.167. The van der Waals surface area contributed by atoms with Crippen LogP contribution >= 0.6 is 0 Å². The van der Waals surface area contributed by atoms with Crippen LogP contribution in [0.4, 0.5) is 17.2 Å². The molecule has 4 rings (SSSR count). The van der Waals surface area contributed by atoms with E-state index in [4.69, 9.17) is 4.74 Å². The smallest absolute Gasteiger partial charge is 0.189 e. The van der Waals surface area contributed by atoms with E-state index in [-0.39, 0.29) is 0 Å². The minimum Gasteiger partial charge on any atom is -0.448 e. The molecule has 23 heavy (non-hydrogen) atoms.